The largest absolute Gasteiger partial charge is 0.356 e. The van der Waals surface area contributed by atoms with Gasteiger partial charge in [0.2, 0.25) is 0 Å². The van der Waals surface area contributed by atoms with Crippen molar-refractivity contribution in [2.45, 2.75) is 25.4 Å². The topological polar surface area (TPSA) is 61.6 Å². The zero-order valence-electron chi connectivity index (χ0n) is 16.1. The molecule has 8 heteroatoms. The molecule has 0 aliphatic carbocycles. The van der Waals surface area contributed by atoms with Gasteiger partial charge in [-0.25, -0.2) is 13.6 Å². The van der Waals surface area contributed by atoms with E-state index in [0.717, 1.165) is 41.6 Å². The number of hydrogen-bond donors (Lipinski definition) is 1. The van der Waals surface area contributed by atoms with Gasteiger partial charge in [-0.05, 0) is 44.2 Å². The van der Waals surface area contributed by atoms with Crippen LogP contribution in [-0.4, -0.2) is 47.2 Å². The van der Waals surface area contributed by atoms with Crippen LogP contribution in [0.2, 0.25) is 0 Å². The second kappa shape index (κ2) is 8.16. The molecule has 0 spiro atoms. The van der Waals surface area contributed by atoms with Crippen molar-refractivity contribution in [3.8, 4) is 0 Å². The smallest absolute Gasteiger partial charge is 0.322 e. The van der Waals surface area contributed by atoms with Gasteiger partial charge in [0.25, 0.3) is 0 Å². The Morgan fingerprint density at radius 1 is 1.17 bits per heavy atom. The Morgan fingerprint density at radius 3 is 2.59 bits per heavy atom. The van der Waals surface area contributed by atoms with E-state index in [2.05, 4.69) is 15.4 Å². The highest BCUT2D eigenvalue weighted by Gasteiger charge is 2.27. The molecule has 152 valence electrons. The Labute approximate surface area is 167 Å². The molecule has 0 atom stereocenters. The summed E-state index contributed by atoms with van der Waals surface area (Å²) in [5, 5.41) is 7.53. The summed E-state index contributed by atoms with van der Waals surface area (Å²) in [5.41, 5.74) is 1.25. The number of hydrogen-bond acceptors (Lipinski definition) is 4. The zero-order valence-corrected chi connectivity index (χ0v) is 16.1. The monoisotopic (exact) mass is 400 g/mol. The van der Waals surface area contributed by atoms with Gasteiger partial charge >= 0.3 is 6.03 Å². The predicted molar refractivity (Wildman–Crippen MR) is 105 cm³/mol. The molecular formula is C21H22F2N4O2. The summed E-state index contributed by atoms with van der Waals surface area (Å²) in [5.74, 6) is -1.57. The van der Waals surface area contributed by atoms with Crippen LogP contribution in [0.5, 0.6) is 0 Å². The Morgan fingerprint density at radius 2 is 1.86 bits per heavy atom. The van der Waals surface area contributed by atoms with Crippen LogP contribution >= 0.6 is 0 Å². The molecule has 0 unspecified atom stereocenters. The summed E-state index contributed by atoms with van der Waals surface area (Å²) in [6.45, 7) is 1.67. The number of para-hydroxylation sites is 2. The molecule has 3 aromatic rings. The molecule has 29 heavy (non-hydrogen) atoms. The molecule has 2 amide bonds. The van der Waals surface area contributed by atoms with Crippen molar-refractivity contribution < 1.29 is 18.1 Å². The molecule has 1 aromatic heterocycles. The van der Waals surface area contributed by atoms with Gasteiger partial charge in [-0.1, -0.05) is 23.4 Å². The highest BCUT2D eigenvalue weighted by Crippen LogP contribution is 2.23. The second-order valence-corrected chi connectivity index (χ2v) is 7.29. The van der Waals surface area contributed by atoms with Gasteiger partial charge in [-0.15, -0.1) is 0 Å². The van der Waals surface area contributed by atoms with Gasteiger partial charge in [0, 0.05) is 31.1 Å². The molecule has 6 nitrogen and oxygen atoms in total. The number of nitrogens with zero attached hydrogens (tertiary/aromatic N) is 3. The van der Waals surface area contributed by atoms with E-state index >= 15 is 0 Å². The van der Waals surface area contributed by atoms with Gasteiger partial charge in [0.15, 0.2) is 5.58 Å². The van der Waals surface area contributed by atoms with E-state index in [-0.39, 0.29) is 6.04 Å². The lowest BCUT2D eigenvalue weighted by Gasteiger charge is -2.36. The van der Waals surface area contributed by atoms with Gasteiger partial charge in [-0.2, -0.15) is 0 Å². The minimum absolute atomic E-state index is 0.278. The Hall–Kier alpha value is -3.00. The summed E-state index contributed by atoms with van der Waals surface area (Å²) in [4.78, 5) is 16.2. The number of fused-ring (bicyclic) bond motifs is 1. The number of amides is 2. The van der Waals surface area contributed by atoms with E-state index in [9.17, 15) is 13.6 Å². The number of benzene rings is 2. The molecule has 1 N–H and O–H groups in total. The number of likely N-dealkylation sites (tertiary alicyclic amines) is 1. The number of piperidine rings is 1. The van der Waals surface area contributed by atoms with Crippen LogP contribution in [0, 0.1) is 11.6 Å². The first-order valence-electron chi connectivity index (χ1n) is 9.56. The number of nitrogens with one attached hydrogen (secondary N) is 1. The van der Waals surface area contributed by atoms with Crippen molar-refractivity contribution >= 4 is 22.7 Å². The van der Waals surface area contributed by atoms with Gasteiger partial charge in [0.05, 0.1) is 0 Å². The van der Waals surface area contributed by atoms with E-state index in [1.165, 1.54) is 6.07 Å². The summed E-state index contributed by atoms with van der Waals surface area (Å²) in [6, 6.07) is 11.0. The third kappa shape index (κ3) is 4.07. The standard InChI is InChI=1S/C21H22F2N4O2/c1-26(13-18-15-5-2-3-8-19(15)29-25-18)14-9-11-27(12-10-14)21(28)24-20-16(22)6-4-7-17(20)23/h2-8,14H,9-13H2,1H3,(H,24,28). The average Bonchev–Trinajstić information content (AvgIpc) is 3.14. The van der Waals surface area contributed by atoms with Crippen LogP contribution in [0.25, 0.3) is 11.0 Å². The van der Waals surface area contributed by atoms with Gasteiger partial charge in [-0.3, -0.25) is 4.90 Å². The fourth-order valence-electron chi connectivity index (χ4n) is 3.73. The number of anilines is 1. The molecule has 1 aliphatic rings. The minimum Gasteiger partial charge on any atom is -0.356 e. The Kier molecular flexibility index (Phi) is 5.44. The number of halogens is 2. The van der Waals surface area contributed by atoms with Crippen LogP contribution in [0.4, 0.5) is 19.3 Å². The first-order chi connectivity index (χ1) is 14.0. The highest BCUT2D eigenvalue weighted by atomic mass is 19.1. The van der Waals surface area contributed by atoms with Crippen molar-refractivity contribution in [3.05, 3.63) is 59.8 Å². The fourth-order valence-corrected chi connectivity index (χ4v) is 3.73. The minimum atomic E-state index is -0.784. The summed E-state index contributed by atoms with van der Waals surface area (Å²) in [6.07, 6.45) is 1.53. The highest BCUT2D eigenvalue weighted by molar-refractivity contribution is 5.89. The van der Waals surface area contributed by atoms with Crippen LogP contribution < -0.4 is 5.32 Å². The third-order valence-electron chi connectivity index (χ3n) is 5.42. The molecule has 0 saturated carbocycles. The molecular weight excluding hydrogens is 378 g/mol. The maximum absolute atomic E-state index is 13.7. The van der Waals surface area contributed by atoms with Crippen molar-refractivity contribution in [3.63, 3.8) is 0 Å². The molecule has 2 heterocycles. The summed E-state index contributed by atoms with van der Waals surface area (Å²) >= 11 is 0. The van der Waals surface area contributed by atoms with Crippen LogP contribution in [0.15, 0.2) is 47.0 Å². The van der Waals surface area contributed by atoms with E-state index in [1.54, 1.807) is 4.90 Å². The van der Waals surface area contributed by atoms with Crippen molar-refractivity contribution in [2.75, 3.05) is 25.5 Å². The zero-order chi connectivity index (χ0) is 20.4. The lowest BCUT2D eigenvalue weighted by Crippen LogP contribution is -2.46. The second-order valence-electron chi connectivity index (χ2n) is 7.29. The Bertz CT molecular complexity index is 995. The van der Waals surface area contributed by atoms with Crippen LogP contribution in [0.3, 0.4) is 0 Å². The van der Waals surface area contributed by atoms with E-state index in [1.807, 2.05) is 31.3 Å². The SMILES string of the molecule is CN(Cc1noc2ccccc12)C1CCN(C(=O)Nc2c(F)cccc2F)CC1. The number of rotatable bonds is 4. The Balaban J connectivity index is 1.33. The third-order valence-corrected chi connectivity index (χ3v) is 5.42. The lowest BCUT2D eigenvalue weighted by molar-refractivity contribution is 0.135. The molecule has 4 rings (SSSR count). The normalized spacial score (nSPS) is 15.2. The number of carbonyl (C=O) groups excluding carboxylic acids is 1. The van der Waals surface area contributed by atoms with Gasteiger partial charge < -0.3 is 14.7 Å². The summed E-state index contributed by atoms with van der Waals surface area (Å²) in [7, 11) is 2.03. The fraction of sp³-hybridized carbons (Fsp3) is 0.333. The molecule has 1 aliphatic heterocycles. The van der Waals surface area contributed by atoms with Crippen LogP contribution in [-0.2, 0) is 6.54 Å². The average molecular weight is 400 g/mol. The van der Waals surface area contributed by atoms with Crippen molar-refractivity contribution in [1.29, 1.82) is 0 Å². The molecule has 0 radical (unpaired) electrons. The number of urea groups is 1. The molecule has 1 fully saturated rings. The predicted octanol–water partition coefficient (Wildman–Crippen LogP) is 4.23. The first kappa shape index (κ1) is 19.3. The van der Waals surface area contributed by atoms with E-state index < -0.39 is 23.4 Å². The quantitative estimate of drug-likeness (QED) is 0.712. The first-order valence-corrected chi connectivity index (χ1v) is 9.56. The number of carbonyl (C=O) groups is 1. The maximum Gasteiger partial charge on any atom is 0.322 e. The number of aromatic nitrogens is 1. The van der Waals surface area contributed by atoms with Crippen molar-refractivity contribution in [2.24, 2.45) is 0 Å². The van der Waals surface area contributed by atoms with E-state index in [4.69, 9.17) is 4.52 Å². The van der Waals surface area contributed by atoms with Crippen molar-refractivity contribution in [1.82, 2.24) is 15.0 Å². The lowest BCUT2D eigenvalue weighted by atomic mass is 10.0. The molecule has 2 aromatic carbocycles. The maximum atomic E-state index is 13.7. The summed E-state index contributed by atoms with van der Waals surface area (Å²) < 4.78 is 32.9. The van der Waals surface area contributed by atoms with Gasteiger partial charge in [0.1, 0.15) is 23.0 Å². The molecule has 1 saturated heterocycles. The van der Waals surface area contributed by atoms with E-state index in [0.29, 0.717) is 19.6 Å². The molecule has 0 bridgehead atoms. The van der Waals surface area contributed by atoms with Crippen LogP contribution in [0.1, 0.15) is 18.5 Å².